The maximum atomic E-state index is 9.42. The molecule has 2 nitrogen and oxygen atoms in total. The van der Waals surface area contributed by atoms with Gasteiger partial charge in [-0.2, -0.15) is 0 Å². The van der Waals surface area contributed by atoms with E-state index in [1.807, 2.05) is 26.0 Å². The molecule has 0 fully saturated rings. The second kappa shape index (κ2) is 6.87. The van der Waals surface area contributed by atoms with E-state index < -0.39 is 12.2 Å². The van der Waals surface area contributed by atoms with Gasteiger partial charge in [0.15, 0.2) is 0 Å². The summed E-state index contributed by atoms with van der Waals surface area (Å²) in [6.45, 7) is 7.61. The summed E-state index contributed by atoms with van der Waals surface area (Å²) in [6, 6.07) is 0. The van der Waals surface area contributed by atoms with Crippen molar-refractivity contribution >= 4 is 0 Å². The molecule has 2 atom stereocenters. The fourth-order valence-corrected chi connectivity index (χ4v) is 1.12. The highest BCUT2D eigenvalue weighted by Crippen LogP contribution is 2.10. The normalized spacial score (nSPS) is 16.0. The molecule has 2 N–H and O–H groups in total. The van der Waals surface area contributed by atoms with Crippen LogP contribution in [0.3, 0.4) is 0 Å². The van der Waals surface area contributed by atoms with Crippen LogP contribution < -0.4 is 0 Å². The van der Waals surface area contributed by atoms with Crippen LogP contribution in [0.15, 0.2) is 24.3 Å². The van der Waals surface area contributed by atoms with Crippen molar-refractivity contribution in [3.63, 3.8) is 0 Å². The first kappa shape index (κ1) is 12.4. The van der Waals surface area contributed by atoms with E-state index in [0.717, 1.165) is 12.0 Å². The van der Waals surface area contributed by atoms with E-state index in [2.05, 4.69) is 6.58 Å². The Morgan fingerprint density at radius 1 is 1.38 bits per heavy atom. The van der Waals surface area contributed by atoms with Crippen molar-refractivity contribution in [1.29, 1.82) is 0 Å². The molecular formula is C11H20O2. The minimum absolute atomic E-state index is 0.582. The molecule has 0 aromatic heterocycles. The highest BCUT2D eigenvalue weighted by molar-refractivity contribution is 5.13. The summed E-state index contributed by atoms with van der Waals surface area (Å²) in [4.78, 5) is 0. The second-order valence-corrected chi connectivity index (χ2v) is 3.24. The molecule has 0 rings (SSSR count). The molecule has 0 aromatic carbocycles. The lowest BCUT2D eigenvalue weighted by atomic mass is 10.0. The van der Waals surface area contributed by atoms with E-state index in [4.69, 9.17) is 0 Å². The van der Waals surface area contributed by atoms with Gasteiger partial charge in [0.2, 0.25) is 0 Å². The number of hydrogen-bond acceptors (Lipinski definition) is 2. The monoisotopic (exact) mass is 184 g/mol. The fourth-order valence-electron chi connectivity index (χ4n) is 1.12. The summed E-state index contributed by atoms with van der Waals surface area (Å²) in [7, 11) is 0. The van der Waals surface area contributed by atoms with E-state index >= 15 is 0 Å². The number of rotatable bonds is 6. The Balaban J connectivity index is 3.69. The fraction of sp³-hybridized carbons (Fsp3) is 0.636. The van der Waals surface area contributed by atoms with Gasteiger partial charge < -0.3 is 10.2 Å². The van der Waals surface area contributed by atoms with Gasteiger partial charge in [-0.15, -0.1) is 0 Å². The molecule has 0 heterocycles. The third-order valence-electron chi connectivity index (χ3n) is 2.03. The van der Waals surface area contributed by atoms with Gasteiger partial charge >= 0.3 is 0 Å². The van der Waals surface area contributed by atoms with Gasteiger partial charge in [0, 0.05) is 0 Å². The predicted octanol–water partition coefficient (Wildman–Crippen LogP) is 2.03. The molecule has 0 saturated heterocycles. The lowest BCUT2D eigenvalue weighted by molar-refractivity contribution is 0.0132. The maximum Gasteiger partial charge on any atom is 0.0802 e. The third kappa shape index (κ3) is 5.61. The molecule has 0 aliphatic heterocycles. The minimum Gasteiger partial charge on any atom is -0.390 e. The third-order valence-corrected chi connectivity index (χ3v) is 2.03. The van der Waals surface area contributed by atoms with E-state index in [-0.39, 0.29) is 0 Å². The largest absolute Gasteiger partial charge is 0.390 e. The molecule has 0 saturated carbocycles. The van der Waals surface area contributed by atoms with Gasteiger partial charge in [-0.05, 0) is 26.2 Å². The van der Waals surface area contributed by atoms with Crippen molar-refractivity contribution in [2.45, 2.75) is 45.3 Å². The zero-order valence-corrected chi connectivity index (χ0v) is 8.53. The van der Waals surface area contributed by atoms with Gasteiger partial charge in [-0.25, -0.2) is 0 Å². The molecule has 0 spiro atoms. The first-order valence-electron chi connectivity index (χ1n) is 4.78. The Kier molecular flexibility index (Phi) is 6.55. The SMILES string of the molecule is C=C(C=CC)CCC(O)C(O)CC. The van der Waals surface area contributed by atoms with E-state index in [9.17, 15) is 10.2 Å². The average Bonchev–Trinajstić information content (AvgIpc) is 2.13. The van der Waals surface area contributed by atoms with Crippen molar-refractivity contribution in [3.05, 3.63) is 24.3 Å². The van der Waals surface area contributed by atoms with Crippen molar-refractivity contribution in [1.82, 2.24) is 0 Å². The van der Waals surface area contributed by atoms with Gasteiger partial charge in [-0.3, -0.25) is 0 Å². The number of allylic oxidation sites excluding steroid dienone is 3. The van der Waals surface area contributed by atoms with Gasteiger partial charge in [0.05, 0.1) is 12.2 Å². The number of aliphatic hydroxyl groups excluding tert-OH is 2. The molecule has 2 unspecified atom stereocenters. The van der Waals surface area contributed by atoms with Crippen LogP contribution in [-0.2, 0) is 0 Å². The number of hydrogen-bond donors (Lipinski definition) is 2. The minimum atomic E-state index is -0.619. The van der Waals surface area contributed by atoms with Crippen LogP contribution in [-0.4, -0.2) is 22.4 Å². The topological polar surface area (TPSA) is 40.5 Å². The molecule has 76 valence electrons. The molecule has 0 aromatic rings. The summed E-state index contributed by atoms with van der Waals surface area (Å²) in [6.07, 6.45) is 4.54. The van der Waals surface area contributed by atoms with Crippen LogP contribution in [0.5, 0.6) is 0 Å². The Bertz CT molecular complexity index is 173. The molecule has 0 amide bonds. The zero-order valence-electron chi connectivity index (χ0n) is 8.53. The summed E-state index contributed by atoms with van der Waals surface area (Å²) < 4.78 is 0. The summed E-state index contributed by atoms with van der Waals surface area (Å²) in [5.74, 6) is 0. The first-order valence-corrected chi connectivity index (χ1v) is 4.78. The molecule has 0 radical (unpaired) electrons. The van der Waals surface area contributed by atoms with Crippen molar-refractivity contribution < 1.29 is 10.2 Å². The van der Waals surface area contributed by atoms with Crippen LogP contribution in [0.25, 0.3) is 0 Å². The van der Waals surface area contributed by atoms with E-state index in [1.165, 1.54) is 0 Å². The standard InChI is InChI=1S/C11H20O2/c1-4-6-9(3)7-8-11(13)10(12)5-2/h4,6,10-13H,3,5,7-8H2,1-2H3. The van der Waals surface area contributed by atoms with Crippen molar-refractivity contribution in [3.8, 4) is 0 Å². The Morgan fingerprint density at radius 2 is 2.00 bits per heavy atom. The molecule has 0 aliphatic carbocycles. The summed E-state index contributed by atoms with van der Waals surface area (Å²) in [5.41, 5.74) is 0.991. The van der Waals surface area contributed by atoms with Gasteiger partial charge in [0.1, 0.15) is 0 Å². The first-order chi connectivity index (χ1) is 6.11. The van der Waals surface area contributed by atoms with Gasteiger partial charge in [-0.1, -0.05) is 31.2 Å². The van der Waals surface area contributed by atoms with Crippen molar-refractivity contribution in [2.24, 2.45) is 0 Å². The highest BCUT2D eigenvalue weighted by Gasteiger charge is 2.13. The summed E-state index contributed by atoms with van der Waals surface area (Å²) in [5, 5.41) is 18.7. The lowest BCUT2D eigenvalue weighted by Crippen LogP contribution is -2.24. The predicted molar refractivity (Wildman–Crippen MR) is 55.5 cm³/mol. The number of aliphatic hydroxyl groups is 2. The smallest absolute Gasteiger partial charge is 0.0802 e. The van der Waals surface area contributed by atoms with Gasteiger partial charge in [0.25, 0.3) is 0 Å². The highest BCUT2D eigenvalue weighted by atomic mass is 16.3. The second-order valence-electron chi connectivity index (χ2n) is 3.24. The van der Waals surface area contributed by atoms with E-state index in [0.29, 0.717) is 12.8 Å². The van der Waals surface area contributed by atoms with Crippen LogP contribution in [0, 0.1) is 0 Å². The summed E-state index contributed by atoms with van der Waals surface area (Å²) >= 11 is 0. The van der Waals surface area contributed by atoms with Crippen molar-refractivity contribution in [2.75, 3.05) is 0 Å². The van der Waals surface area contributed by atoms with Crippen LogP contribution in [0.4, 0.5) is 0 Å². The van der Waals surface area contributed by atoms with Crippen LogP contribution >= 0.6 is 0 Å². The molecule has 13 heavy (non-hydrogen) atoms. The lowest BCUT2D eigenvalue weighted by Gasteiger charge is -2.15. The Hall–Kier alpha value is -0.600. The molecule has 0 aliphatic rings. The average molecular weight is 184 g/mol. The van der Waals surface area contributed by atoms with Crippen LogP contribution in [0.1, 0.15) is 33.1 Å². The Morgan fingerprint density at radius 3 is 2.46 bits per heavy atom. The van der Waals surface area contributed by atoms with E-state index in [1.54, 1.807) is 0 Å². The zero-order chi connectivity index (χ0) is 10.3. The molecule has 0 bridgehead atoms. The molecular weight excluding hydrogens is 164 g/mol. The maximum absolute atomic E-state index is 9.42. The quantitative estimate of drug-likeness (QED) is 0.620. The Labute approximate surface area is 80.6 Å². The van der Waals surface area contributed by atoms with Crippen LogP contribution in [0.2, 0.25) is 0 Å². The molecule has 2 heteroatoms.